The van der Waals surface area contributed by atoms with Crippen molar-refractivity contribution < 1.29 is 9.59 Å². The third-order valence-electron chi connectivity index (χ3n) is 2.35. The predicted molar refractivity (Wildman–Crippen MR) is 72.9 cm³/mol. The van der Waals surface area contributed by atoms with E-state index in [0.29, 0.717) is 12.5 Å². The highest BCUT2D eigenvalue weighted by Crippen LogP contribution is 2.10. The fourth-order valence-electron chi connectivity index (χ4n) is 1.65. The molecule has 0 rings (SSSR count). The molecule has 0 saturated carbocycles. The van der Waals surface area contributed by atoms with Crippen LogP contribution >= 0.6 is 0 Å². The minimum absolute atomic E-state index is 0.00466. The highest BCUT2D eigenvalue weighted by molar-refractivity contribution is 5.86. The Labute approximate surface area is 110 Å². The van der Waals surface area contributed by atoms with E-state index in [1.165, 1.54) is 0 Å². The number of carbonyl (C=O) groups is 2. The predicted octanol–water partition coefficient (Wildman–Crippen LogP) is 0.638. The molecule has 18 heavy (non-hydrogen) atoms. The Morgan fingerprint density at radius 2 is 1.78 bits per heavy atom. The first kappa shape index (κ1) is 16.9. The Hall–Kier alpha value is -1.10. The lowest BCUT2D eigenvalue weighted by molar-refractivity contribution is -0.129. The van der Waals surface area contributed by atoms with Crippen molar-refractivity contribution in [2.24, 2.45) is 17.6 Å². The van der Waals surface area contributed by atoms with E-state index in [4.69, 9.17) is 5.73 Å². The molecule has 0 fully saturated rings. The molecule has 5 heteroatoms. The molecule has 0 aromatic carbocycles. The van der Waals surface area contributed by atoms with Gasteiger partial charge in [-0.2, -0.15) is 0 Å². The number of nitrogens with one attached hydrogen (secondary N) is 2. The molecule has 0 bridgehead atoms. The molecule has 5 nitrogen and oxygen atoms in total. The molecule has 4 N–H and O–H groups in total. The molecule has 0 aliphatic carbocycles. The minimum Gasteiger partial charge on any atom is -0.350 e. The molecular weight excluding hydrogens is 230 g/mol. The van der Waals surface area contributed by atoms with Crippen LogP contribution in [-0.2, 0) is 9.59 Å². The summed E-state index contributed by atoms with van der Waals surface area (Å²) in [6.45, 7) is 10.1. The molecule has 0 aromatic heterocycles. The fourth-order valence-corrected chi connectivity index (χ4v) is 1.65. The first-order valence-electron chi connectivity index (χ1n) is 6.44. The Morgan fingerprint density at radius 1 is 1.22 bits per heavy atom. The number of carbonyl (C=O) groups excluding carboxylic acids is 2. The van der Waals surface area contributed by atoms with Gasteiger partial charge in [-0.25, -0.2) is 0 Å². The van der Waals surface area contributed by atoms with Crippen molar-refractivity contribution in [1.29, 1.82) is 0 Å². The van der Waals surface area contributed by atoms with Gasteiger partial charge in [0.2, 0.25) is 11.8 Å². The topological polar surface area (TPSA) is 84.2 Å². The lowest BCUT2D eigenvalue weighted by atomic mass is 9.96. The molecule has 1 atom stereocenters. The van der Waals surface area contributed by atoms with Crippen molar-refractivity contribution >= 4 is 11.8 Å². The summed E-state index contributed by atoms with van der Waals surface area (Å²) in [5, 5.41) is 5.42. The van der Waals surface area contributed by atoms with Crippen LogP contribution in [0.1, 0.15) is 41.0 Å². The Balaban J connectivity index is 4.12. The minimum atomic E-state index is -0.285. The van der Waals surface area contributed by atoms with Gasteiger partial charge in [-0.3, -0.25) is 9.59 Å². The number of hydrogen-bond donors (Lipinski definition) is 3. The summed E-state index contributed by atoms with van der Waals surface area (Å²) in [6, 6.07) is 0. The second-order valence-corrected chi connectivity index (χ2v) is 6.08. The van der Waals surface area contributed by atoms with Gasteiger partial charge in [0.05, 0.1) is 12.5 Å². The normalized spacial score (nSPS) is 13.3. The zero-order chi connectivity index (χ0) is 14.3. The van der Waals surface area contributed by atoms with E-state index < -0.39 is 0 Å². The van der Waals surface area contributed by atoms with Crippen LogP contribution in [0.4, 0.5) is 0 Å². The van der Waals surface area contributed by atoms with E-state index in [1.807, 2.05) is 34.6 Å². The number of hydrogen-bond acceptors (Lipinski definition) is 3. The van der Waals surface area contributed by atoms with Crippen molar-refractivity contribution in [1.82, 2.24) is 10.6 Å². The van der Waals surface area contributed by atoms with Crippen LogP contribution in [0.2, 0.25) is 0 Å². The third-order valence-corrected chi connectivity index (χ3v) is 2.35. The summed E-state index contributed by atoms with van der Waals surface area (Å²) in [7, 11) is 0. The third kappa shape index (κ3) is 8.06. The van der Waals surface area contributed by atoms with Crippen LogP contribution < -0.4 is 16.4 Å². The van der Waals surface area contributed by atoms with Crippen LogP contribution in [0.5, 0.6) is 0 Å². The summed E-state index contributed by atoms with van der Waals surface area (Å²) in [6.07, 6.45) is 0.739. The second kappa shape index (κ2) is 7.36. The van der Waals surface area contributed by atoms with Gasteiger partial charge in [-0.1, -0.05) is 13.8 Å². The largest absolute Gasteiger partial charge is 0.350 e. The maximum atomic E-state index is 11.8. The van der Waals surface area contributed by atoms with Crippen LogP contribution in [0.15, 0.2) is 0 Å². The average molecular weight is 257 g/mol. The van der Waals surface area contributed by atoms with E-state index in [2.05, 4.69) is 10.6 Å². The van der Waals surface area contributed by atoms with Gasteiger partial charge in [0.1, 0.15) is 0 Å². The molecule has 1 unspecified atom stereocenters. The van der Waals surface area contributed by atoms with Gasteiger partial charge in [-0.15, -0.1) is 0 Å². The van der Waals surface area contributed by atoms with Gasteiger partial charge in [0, 0.05) is 12.1 Å². The number of nitrogens with two attached hydrogens (primary N) is 1. The molecule has 106 valence electrons. The van der Waals surface area contributed by atoms with Crippen LogP contribution in [-0.4, -0.2) is 30.4 Å². The molecule has 0 aliphatic heterocycles. The maximum absolute atomic E-state index is 11.8. The fraction of sp³-hybridized carbons (Fsp3) is 0.846. The smallest absolute Gasteiger partial charge is 0.239 e. The molecule has 2 amide bonds. The monoisotopic (exact) mass is 257 g/mol. The summed E-state index contributed by atoms with van der Waals surface area (Å²) in [5.41, 5.74) is 5.28. The molecule has 0 heterocycles. The summed E-state index contributed by atoms with van der Waals surface area (Å²) in [5.74, 6) is -0.133. The van der Waals surface area contributed by atoms with Crippen molar-refractivity contribution in [2.75, 3.05) is 13.1 Å². The zero-order valence-corrected chi connectivity index (χ0v) is 12.2. The molecule has 0 saturated heterocycles. The summed E-state index contributed by atoms with van der Waals surface area (Å²) >= 11 is 0. The highest BCUT2D eigenvalue weighted by Gasteiger charge is 2.19. The van der Waals surface area contributed by atoms with Crippen LogP contribution in [0, 0.1) is 11.8 Å². The van der Waals surface area contributed by atoms with E-state index in [-0.39, 0.29) is 29.8 Å². The van der Waals surface area contributed by atoms with E-state index in [0.717, 1.165) is 6.42 Å². The number of rotatable bonds is 6. The average Bonchev–Trinajstić information content (AvgIpc) is 2.19. The summed E-state index contributed by atoms with van der Waals surface area (Å²) < 4.78 is 0. The van der Waals surface area contributed by atoms with Gasteiger partial charge in [-0.05, 0) is 33.1 Å². The van der Waals surface area contributed by atoms with E-state index >= 15 is 0 Å². The van der Waals surface area contributed by atoms with Crippen molar-refractivity contribution in [3.63, 3.8) is 0 Å². The number of amides is 2. The standard InChI is InChI=1S/C13H27N3O2/c1-9(2)6-10(7-14)12(18)15-8-11(17)16-13(3,4)5/h9-10H,6-8,14H2,1-5H3,(H,15,18)(H,16,17). The van der Waals surface area contributed by atoms with Crippen LogP contribution in [0.25, 0.3) is 0 Å². The molecule has 0 radical (unpaired) electrons. The van der Waals surface area contributed by atoms with Crippen molar-refractivity contribution in [3.8, 4) is 0 Å². The zero-order valence-electron chi connectivity index (χ0n) is 12.2. The van der Waals surface area contributed by atoms with E-state index in [1.54, 1.807) is 0 Å². The lowest BCUT2D eigenvalue weighted by Crippen LogP contribution is -2.47. The Bertz CT molecular complexity index is 282. The molecular formula is C13H27N3O2. The van der Waals surface area contributed by atoms with Gasteiger partial charge in [0.15, 0.2) is 0 Å². The highest BCUT2D eigenvalue weighted by atomic mass is 16.2. The summed E-state index contributed by atoms with van der Waals surface area (Å²) in [4.78, 5) is 23.3. The maximum Gasteiger partial charge on any atom is 0.239 e. The first-order chi connectivity index (χ1) is 8.15. The quantitative estimate of drug-likeness (QED) is 0.653. The lowest BCUT2D eigenvalue weighted by Gasteiger charge is -2.21. The van der Waals surface area contributed by atoms with Gasteiger partial charge in [0.25, 0.3) is 0 Å². The SMILES string of the molecule is CC(C)CC(CN)C(=O)NCC(=O)NC(C)(C)C. The molecule has 0 aromatic rings. The Kier molecular flexibility index (Phi) is 6.91. The Morgan fingerprint density at radius 3 is 2.17 bits per heavy atom. The molecule has 0 aliphatic rings. The molecule has 0 spiro atoms. The van der Waals surface area contributed by atoms with Gasteiger partial charge >= 0.3 is 0 Å². The first-order valence-corrected chi connectivity index (χ1v) is 6.44. The van der Waals surface area contributed by atoms with Crippen LogP contribution in [0.3, 0.4) is 0 Å². The van der Waals surface area contributed by atoms with Gasteiger partial charge < -0.3 is 16.4 Å². The van der Waals surface area contributed by atoms with Crippen molar-refractivity contribution in [2.45, 2.75) is 46.6 Å². The second-order valence-electron chi connectivity index (χ2n) is 6.08. The van der Waals surface area contributed by atoms with Crippen molar-refractivity contribution in [3.05, 3.63) is 0 Å². The van der Waals surface area contributed by atoms with E-state index in [9.17, 15) is 9.59 Å².